The lowest BCUT2D eigenvalue weighted by molar-refractivity contribution is 0.252. The van der Waals surface area contributed by atoms with Crippen molar-refractivity contribution in [3.8, 4) is 0 Å². The molecular weight excluding hydrogens is 384 g/mol. The van der Waals surface area contributed by atoms with Crippen LogP contribution in [-0.2, 0) is 0 Å². The number of nitrogens with one attached hydrogen (secondary N) is 1. The molecule has 1 saturated carbocycles. The summed E-state index contributed by atoms with van der Waals surface area (Å²) in [5.41, 5.74) is 2.39. The molecule has 3 N–H and O–H groups in total. The van der Waals surface area contributed by atoms with E-state index in [4.69, 9.17) is 17.4 Å². The molecule has 0 bridgehead atoms. The first kappa shape index (κ1) is 19.2. The second-order valence-corrected chi connectivity index (χ2v) is 7.20. The number of hydrogen-bond acceptors (Lipinski definition) is 4. The van der Waals surface area contributed by atoms with E-state index >= 15 is 4.39 Å². The number of nitrogens with zero attached hydrogens (tertiary/aromatic N) is 3. The number of rotatable bonds is 3. The van der Waals surface area contributed by atoms with Crippen LogP contribution in [0.4, 0.5) is 10.1 Å². The van der Waals surface area contributed by atoms with Crippen molar-refractivity contribution < 1.29 is 4.39 Å². The van der Waals surface area contributed by atoms with Crippen LogP contribution in [0.25, 0.3) is 10.9 Å². The average Bonchev–Trinajstić information content (AvgIpc) is 3.31. The molecule has 2 aliphatic rings. The van der Waals surface area contributed by atoms with Crippen molar-refractivity contribution in [2.75, 3.05) is 26.0 Å². The van der Waals surface area contributed by atoms with E-state index in [1.54, 1.807) is 7.05 Å². The topological polar surface area (TPSA) is 82.1 Å². The molecule has 1 aromatic carbocycles. The summed E-state index contributed by atoms with van der Waals surface area (Å²) in [6.45, 7) is 1.39. The Morgan fingerprint density at radius 3 is 2.46 bits per heavy atom. The van der Waals surface area contributed by atoms with E-state index < -0.39 is 17.1 Å². The minimum absolute atomic E-state index is 0. The predicted octanol–water partition coefficient (Wildman–Crippen LogP) is 1.66. The first-order valence-electron chi connectivity index (χ1n) is 8.42. The lowest BCUT2D eigenvalue weighted by Crippen LogP contribution is -2.56. The van der Waals surface area contributed by atoms with Gasteiger partial charge in [0.15, 0.2) is 5.82 Å². The van der Waals surface area contributed by atoms with Crippen molar-refractivity contribution in [3.63, 3.8) is 0 Å². The van der Waals surface area contributed by atoms with E-state index in [-0.39, 0.29) is 44.7 Å². The maximum Gasteiger partial charge on any atom is 0.350 e. The van der Waals surface area contributed by atoms with Crippen LogP contribution in [0.2, 0.25) is 5.02 Å². The highest BCUT2D eigenvalue weighted by Crippen LogP contribution is 2.43. The zero-order chi connectivity index (χ0) is 17.9. The second kappa shape index (κ2) is 6.53. The maximum atomic E-state index is 15.0. The monoisotopic (exact) mass is 404 g/mol. The zero-order valence-electron chi connectivity index (χ0n) is 14.3. The van der Waals surface area contributed by atoms with Gasteiger partial charge in [-0.1, -0.05) is 11.6 Å². The summed E-state index contributed by atoms with van der Waals surface area (Å²) < 4.78 is 17.2. The molecule has 142 valence electrons. The Labute approximate surface area is 160 Å². The molecule has 0 unspecified atom stereocenters. The summed E-state index contributed by atoms with van der Waals surface area (Å²) in [7, 11) is 1.76. The number of fused-ring (bicyclic) bond motifs is 1. The molecule has 7 nitrogen and oxygen atoms in total. The van der Waals surface area contributed by atoms with E-state index in [0.717, 1.165) is 31.7 Å². The lowest BCUT2D eigenvalue weighted by atomic mass is 10.1. The van der Waals surface area contributed by atoms with Gasteiger partial charge in [0.1, 0.15) is 18.1 Å². The van der Waals surface area contributed by atoms with Crippen molar-refractivity contribution in [2.24, 2.45) is 0 Å². The first-order valence-corrected chi connectivity index (χ1v) is 8.80. The Bertz CT molecular complexity index is 993. The van der Waals surface area contributed by atoms with E-state index in [1.807, 2.05) is 0 Å². The quantitative estimate of drug-likeness (QED) is 0.601. The van der Waals surface area contributed by atoms with Crippen molar-refractivity contribution in [3.05, 3.63) is 37.7 Å². The van der Waals surface area contributed by atoms with Crippen LogP contribution < -0.4 is 27.1 Å². The molecule has 0 atom stereocenters. The molecule has 1 aliphatic carbocycles. The van der Waals surface area contributed by atoms with E-state index in [9.17, 15) is 9.59 Å². The normalized spacial score (nSPS) is 18.9. The Balaban J connectivity index is 0.00000196. The molecule has 10 heteroatoms. The van der Waals surface area contributed by atoms with Gasteiger partial charge in [0.05, 0.1) is 10.9 Å². The predicted molar refractivity (Wildman–Crippen MR) is 103 cm³/mol. The van der Waals surface area contributed by atoms with E-state index in [2.05, 4.69) is 5.43 Å². The highest BCUT2D eigenvalue weighted by Gasteiger charge is 2.41. The van der Waals surface area contributed by atoms with Crippen LogP contribution in [0.3, 0.4) is 0 Å². The molecule has 0 spiro atoms. The number of halogens is 3. The van der Waals surface area contributed by atoms with Crippen LogP contribution in [0.1, 0.15) is 31.7 Å². The van der Waals surface area contributed by atoms with Gasteiger partial charge in [-0.2, -0.15) is 10.1 Å². The highest BCUT2D eigenvalue weighted by atomic mass is 35.5. The van der Waals surface area contributed by atoms with Gasteiger partial charge in [0.25, 0.3) is 5.56 Å². The number of benzene rings is 1. The van der Waals surface area contributed by atoms with Crippen LogP contribution in [-0.4, -0.2) is 29.4 Å². The molecule has 26 heavy (non-hydrogen) atoms. The summed E-state index contributed by atoms with van der Waals surface area (Å²) in [6.07, 6.45) is 3.49. The van der Waals surface area contributed by atoms with Crippen molar-refractivity contribution >= 4 is 40.6 Å². The molecule has 1 aliphatic heterocycles. The Hall–Kier alpha value is -1.61. The molecule has 2 fully saturated rings. The van der Waals surface area contributed by atoms with Gasteiger partial charge in [-0.15, -0.1) is 12.4 Å². The number of quaternary nitrogens is 1. The average molecular weight is 405 g/mol. The smallest absolute Gasteiger partial charge is 0.332 e. The van der Waals surface area contributed by atoms with Crippen molar-refractivity contribution in [1.82, 2.24) is 19.3 Å². The van der Waals surface area contributed by atoms with Crippen LogP contribution in [0.15, 0.2) is 15.7 Å². The first-order chi connectivity index (χ1) is 11.9. The molecule has 4 rings (SSSR count). The van der Waals surface area contributed by atoms with Crippen molar-refractivity contribution in [1.29, 1.82) is 0 Å². The van der Waals surface area contributed by atoms with Crippen LogP contribution >= 0.6 is 24.0 Å². The molecule has 0 radical (unpaired) electrons. The van der Waals surface area contributed by atoms with Gasteiger partial charge < -0.3 is 5.84 Å². The zero-order valence-corrected chi connectivity index (χ0v) is 15.9. The van der Waals surface area contributed by atoms with Gasteiger partial charge >= 0.3 is 5.69 Å². The van der Waals surface area contributed by atoms with E-state index in [0.29, 0.717) is 17.8 Å². The fourth-order valence-corrected chi connectivity index (χ4v) is 4.37. The molecule has 2 heterocycles. The van der Waals surface area contributed by atoms with Gasteiger partial charge in [0, 0.05) is 25.9 Å². The number of nitrogen functional groups attached to an aromatic ring is 1. The molecule has 1 aromatic heterocycles. The SMILES string of the molecule is CN[N+]1(c2c(F)cc3c(=O)n(N)c(=O)n(C4CC4)c3c2Cl)CCCC1.Cl. The maximum absolute atomic E-state index is 15.0. The summed E-state index contributed by atoms with van der Waals surface area (Å²) in [6, 6.07) is 1.11. The van der Waals surface area contributed by atoms with Crippen LogP contribution in [0, 0.1) is 5.82 Å². The van der Waals surface area contributed by atoms with Gasteiger partial charge in [-0.05, 0) is 18.9 Å². The second-order valence-electron chi connectivity index (χ2n) is 6.82. The summed E-state index contributed by atoms with van der Waals surface area (Å²) in [4.78, 5) is 24.9. The lowest BCUT2D eigenvalue weighted by Gasteiger charge is -2.33. The standard InChI is InChI=1S/C16H20ClFN5O2.ClH/c1-20-23(6-2-3-7-23)14-11(18)8-10-13(12(14)17)21(9-4-5-9)16(25)22(19)15(10)24;/h8-9,20H,2-7,19H2,1H3;1H/q+1;. The third-order valence-corrected chi connectivity index (χ3v) is 5.73. The summed E-state index contributed by atoms with van der Waals surface area (Å²) in [5, 5.41) is 0.154. The minimum Gasteiger partial charge on any atom is -0.332 e. The third kappa shape index (κ3) is 2.55. The van der Waals surface area contributed by atoms with E-state index in [1.165, 1.54) is 4.57 Å². The Kier molecular flexibility index (Phi) is 4.81. The molecule has 2 aromatic rings. The molecule has 1 saturated heterocycles. The summed E-state index contributed by atoms with van der Waals surface area (Å²) in [5.74, 6) is 5.05. The number of hydrogen-bond donors (Lipinski definition) is 2. The Morgan fingerprint density at radius 2 is 1.92 bits per heavy atom. The third-order valence-electron chi connectivity index (χ3n) is 5.37. The molecule has 0 amide bonds. The van der Waals surface area contributed by atoms with Gasteiger partial charge in [-0.25, -0.2) is 13.8 Å². The van der Waals surface area contributed by atoms with Gasteiger partial charge in [0.2, 0.25) is 5.69 Å². The number of nitrogens with two attached hydrogens (primary N) is 1. The highest BCUT2D eigenvalue weighted by molar-refractivity contribution is 6.37. The molecular formula is C16H21Cl2FN5O2+. The van der Waals surface area contributed by atoms with Crippen molar-refractivity contribution in [2.45, 2.75) is 31.7 Å². The largest absolute Gasteiger partial charge is 0.350 e. The van der Waals surface area contributed by atoms with Crippen LogP contribution in [0.5, 0.6) is 0 Å². The number of aromatic nitrogens is 2. The minimum atomic E-state index is -0.735. The van der Waals surface area contributed by atoms with Gasteiger partial charge in [-0.3, -0.25) is 9.36 Å². The summed E-state index contributed by atoms with van der Waals surface area (Å²) >= 11 is 6.62. The fraction of sp³-hybridized carbons (Fsp3) is 0.500. The Morgan fingerprint density at radius 1 is 1.31 bits per heavy atom. The fourth-order valence-electron chi connectivity index (χ4n) is 3.92.